The fourth-order valence-electron chi connectivity index (χ4n) is 2.53. The summed E-state index contributed by atoms with van der Waals surface area (Å²) in [5, 5.41) is 10.7. The lowest BCUT2D eigenvalue weighted by Gasteiger charge is -2.31. The van der Waals surface area contributed by atoms with Gasteiger partial charge in [-0.3, -0.25) is 4.57 Å². The summed E-state index contributed by atoms with van der Waals surface area (Å²) in [6.45, 7) is 3.82. The van der Waals surface area contributed by atoms with E-state index in [1.165, 1.54) is 23.7 Å². The molecule has 6 nitrogen and oxygen atoms in total. The second-order valence-electron chi connectivity index (χ2n) is 5.93. The number of thiazole rings is 1. The highest BCUT2D eigenvalue weighted by Crippen LogP contribution is 2.37. The minimum absolute atomic E-state index is 0.213. The molecule has 0 unspecified atom stereocenters. The fraction of sp³-hybridized carbons (Fsp3) is 0.250. The largest absolute Gasteiger partial charge is 0.483 e. The van der Waals surface area contributed by atoms with Gasteiger partial charge in [-0.2, -0.15) is 5.26 Å². The van der Waals surface area contributed by atoms with Crippen LogP contribution in [0.3, 0.4) is 0 Å². The molecule has 0 spiro atoms. The summed E-state index contributed by atoms with van der Waals surface area (Å²) < 4.78 is 31.5. The predicted molar refractivity (Wildman–Crippen MR) is 91.1 cm³/mol. The van der Waals surface area contributed by atoms with Crippen LogP contribution in [0, 0.1) is 11.5 Å². The molecule has 3 rings (SSSR count). The van der Waals surface area contributed by atoms with Gasteiger partial charge in [0, 0.05) is 23.4 Å². The Morgan fingerprint density at radius 1 is 1.38 bits per heavy atom. The second kappa shape index (κ2) is 5.61. The Morgan fingerprint density at radius 3 is 2.79 bits per heavy atom. The van der Waals surface area contributed by atoms with Gasteiger partial charge in [-0.05, 0) is 38.1 Å². The number of nitrogens with zero attached hydrogens (tertiary/aromatic N) is 3. The van der Waals surface area contributed by atoms with Crippen LogP contribution in [0.15, 0.2) is 45.7 Å². The van der Waals surface area contributed by atoms with E-state index in [1.807, 2.05) is 25.3 Å². The number of nitriles is 1. The molecule has 0 fully saturated rings. The zero-order chi connectivity index (χ0) is 17.5. The third-order valence-electron chi connectivity index (χ3n) is 3.51. The first-order chi connectivity index (χ1) is 11.2. The molecular weight excluding hydrogens is 346 g/mol. The van der Waals surface area contributed by atoms with Gasteiger partial charge in [0.05, 0.1) is 10.6 Å². The molecule has 0 saturated carbocycles. The summed E-state index contributed by atoms with van der Waals surface area (Å²) in [7, 11) is -3.34. The van der Waals surface area contributed by atoms with Crippen LogP contribution in [0.25, 0.3) is 5.70 Å². The van der Waals surface area contributed by atoms with Crippen LogP contribution in [0.5, 0.6) is 5.75 Å². The topological polar surface area (TPSA) is 84.5 Å². The van der Waals surface area contributed by atoms with Crippen molar-refractivity contribution in [2.24, 2.45) is 4.99 Å². The van der Waals surface area contributed by atoms with Crippen LogP contribution >= 0.6 is 11.3 Å². The zero-order valence-corrected chi connectivity index (χ0v) is 15.0. The summed E-state index contributed by atoms with van der Waals surface area (Å²) >= 11 is 1.33. The van der Waals surface area contributed by atoms with Crippen molar-refractivity contribution in [2.75, 3.05) is 6.26 Å². The summed E-state index contributed by atoms with van der Waals surface area (Å²) in [6, 6.07) is 4.78. The molecule has 0 N–H and O–H groups in total. The van der Waals surface area contributed by atoms with E-state index >= 15 is 0 Å². The molecule has 8 heteroatoms. The lowest BCUT2D eigenvalue weighted by Crippen LogP contribution is -2.31. The van der Waals surface area contributed by atoms with Crippen molar-refractivity contribution >= 4 is 26.9 Å². The molecule has 2 aromatic rings. The molecule has 0 saturated heterocycles. The Kier molecular flexibility index (Phi) is 3.86. The quantitative estimate of drug-likeness (QED) is 0.769. The summed E-state index contributed by atoms with van der Waals surface area (Å²) in [6.07, 6.45) is 6.65. The van der Waals surface area contributed by atoms with Gasteiger partial charge in [-0.1, -0.05) is 0 Å². The highest BCUT2D eigenvalue weighted by Gasteiger charge is 2.28. The second-order valence-corrected chi connectivity index (χ2v) is 8.82. The lowest BCUT2D eigenvalue weighted by molar-refractivity contribution is 0.157. The molecule has 1 aromatic carbocycles. The predicted octanol–water partition coefficient (Wildman–Crippen LogP) is 2.40. The van der Waals surface area contributed by atoms with Gasteiger partial charge in [0.25, 0.3) is 0 Å². The molecule has 0 bridgehead atoms. The van der Waals surface area contributed by atoms with Crippen molar-refractivity contribution < 1.29 is 13.2 Å². The molecule has 0 atom stereocenters. The average Bonchev–Trinajstić information content (AvgIpc) is 2.92. The summed E-state index contributed by atoms with van der Waals surface area (Å²) in [5.41, 5.74) is 0.811. The Hall–Kier alpha value is -2.37. The Balaban J connectivity index is 2.30. The van der Waals surface area contributed by atoms with Gasteiger partial charge in [-0.25, -0.2) is 8.42 Å². The van der Waals surface area contributed by atoms with E-state index in [1.54, 1.807) is 29.1 Å². The minimum atomic E-state index is -3.34. The van der Waals surface area contributed by atoms with Crippen LogP contribution < -0.4 is 9.54 Å². The molecule has 0 radical (unpaired) electrons. The van der Waals surface area contributed by atoms with E-state index in [9.17, 15) is 8.42 Å². The molecule has 0 aliphatic carbocycles. The summed E-state index contributed by atoms with van der Waals surface area (Å²) in [5.74, 6) is 0.589. The van der Waals surface area contributed by atoms with E-state index < -0.39 is 15.4 Å². The third kappa shape index (κ3) is 3.00. The lowest BCUT2D eigenvalue weighted by atomic mass is 9.99. The number of rotatable bonds is 2. The van der Waals surface area contributed by atoms with Gasteiger partial charge in [0.2, 0.25) is 11.0 Å². The number of hydrogen-bond donors (Lipinski definition) is 0. The Labute approximate surface area is 143 Å². The van der Waals surface area contributed by atoms with E-state index in [4.69, 9.17) is 10.00 Å². The van der Waals surface area contributed by atoms with Crippen LogP contribution in [0.2, 0.25) is 0 Å². The average molecular weight is 361 g/mol. The molecular formula is C16H15N3O3S2. The van der Waals surface area contributed by atoms with Crippen molar-refractivity contribution in [1.82, 2.24) is 4.57 Å². The maximum absolute atomic E-state index is 11.9. The Morgan fingerprint density at radius 2 is 2.12 bits per heavy atom. The van der Waals surface area contributed by atoms with Crippen LogP contribution in [-0.4, -0.2) is 24.8 Å². The van der Waals surface area contributed by atoms with Gasteiger partial charge in [0.15, 0.2) is 9.84 Å². The van der Waals surface area contributed by atoms with Gasteiger partial charge in [-0.15, -0.1) is 16.3 Å². The normalized spacial score (nSPS) is 16.8. The highest BCUT2D eigenvalue weighted by atomic mass is 32.2. The monoisotopic (exact) mass is 361 g/mol. The van der Waals surface area contributed by atoms with E-state index in [2.05, 4.69) is 4.99 Å². The first kappa shape index (κ1) is 16.5. The van der Waals surface area contributed by atoms with Gasteiger partial charge in [0.1, 0.15) is 11.4 Å². The number of sulfone groups is 1. The molecule has 0 amide bonds. The van der Waals surface area contributed by atoms with Crippen molar-refractivity contribution in [1.29, 1.82) is 5.26 Å². The first-order valence-corrected chi connectivity index (χ1v) is 9.84. The molecule has 1 aliphatic rings. The number of benzene rings is 1. The van der Waals surface area contributed by atoms with Gasteiger partial charge < -0.3 is 4.74 Å². The van der Waals surface area contributed by atoms with Crippen LogP contribution in [0.4, 0.5) is 0 Å². The van der Waals surface area contributed by atoms with Crippen molar-refractivity contribution in [3.63, 3.8) is 0 Å². The SMILES string of the molecule is CC1(C)C=C(n2ccsc2=NC#N)c2cc(S(C)(=O)=O)ccc2O1. The number of hydrogen-bond acceptors (Lipinski definition) is 6. The standard InChI is InChI=1S/C16H15N3O3S2/c1-16(2)9-13(19-6-7-23-15(19)18-10-17)12-8-11(24(3,20)21)4-5-14(12)22-16/h4-9H,1-3H3. The maximum atomic E-state index is 11.9. The van der Waals surface area contributed by atoms with Crippen LogP contribution in [0.1, 0.15) is 19.4 Å². The summed E-state index contributed by atoms with van der Waals surface area (Å²) in [4.78, 5) is 4.55. The molecule has 1 aromatic heterocycles. The van der Waals surface area contributed by atoms with Crippen molar-refractivity contribution in [3.05, 3.63) is 46.2 Å². The molecule has 124 valence electrons. The minimum Gasteiger partial charge on any atom is -0.483 e. The maximum Gasteiger partial charge on any atom is 0.208 e. The Bertz CT molecular complexity index is 1050. The number of fused-ring (bicyclic) bond motifs is 1. The van der Waals surface area contributed by atoms with Crippen molar-refractivity contribution in [3.8, 4) is 11.9 Å². The van der Waals surface area contributed by atoms with Crippen LogP contribution in [-0.2, 0) is 9.84 Å². The number of aromatic nitrogens is 1. The number of ether oxygens (including phenoxy) is 1. The van der Waals surface area contributed by atoms with E-state index in [0.29, 0.717) is 16.1 Å². The first-order valence-electron chi connectivity index (χ1n) is 7.07. The zero-order valence-electron chi connectivity index (χ0n) is 13.3. The third-order valence-corrected chi connectivity index (χ3v) is 5.37. The molecule has 2 heterocycles. The van der Waals surface area contributed by atoms with Crippen molar-refractivity contribution in [2.45, 2.75) is 24.3 Å². The van der Waals surface area contributed by atoms with Gasteiger partial charge >= 0.3 is 0 Å². The van der Waals surface area contributed by atoms with E-state index in [0.717, 1.165) is 5.70 Å². The fourth-order valence-corrected chi connectivity index (χ4v) is 3.84. The highest BCUT2D eigenvalue weighted by molar-refractivity contribution is 7.90. The molecule has 1 aliphatic heterocycles. The van der Waals surface area contributed by atoms with E-state index in [-0.39, 0.29) is 4.90 Å². The smallest absolute Gasteiger partial charge is 0.208 e. The molecule has 24 heavy (non-hydrogen) atoms.